The second-order valence-electron chi connectivity index (χ2n) is 6.62. The number of imidazole rings is 1. The van der Waals surface area contributed by atoms with Crippen LogP contribution in [0.5, 0.6) is 0 Å². The molecule has 0 saturated heterocycles. The van der Waals surface area contributed by atoms with Gasteiger partial charge in [-0.1, -0.05) is 36.9 Å². The number of aryl methyl sites for hydroxylation is 1. The molecule has 2 heterocycles. The van der Waals surface area contributed by atoms with E-state index in [0.717, 1.165) is 35.0 Å². The molecule has 29 heavy (non-hydrogen) atoms. The number of nitrogens with zero attached hydrogens (tertiary/aromatic N) is 4. The maximum atomic E-state index is 11.7. The number of hydrogen-bond acceptors (Lipinski definition) is 5. The zero-order valence-corrected chi connectivity index (χ0v) is 17.5. The minimum atomic E-state index is -3.76. The lowest BCUT2D eigenvalue weighted by molar-refractivity contribution is 0.598. The lowest BCUT2D eigenvalue weighted by Gasteiger charge is -2.07. The molecule has 2 aromatic heterocycles. The zero-order valence-electron chi connectivity index (χ0n) is 15.9. The third-order valence-corrected chi connectivity index (χ3v) is 6.40. The molecule has 0 bridgehead atoms. The van der Waals surface area contributed by atoms with Gasteiger partial charge in [0.2, 0.25) is 10.0 Å². The van der Waals surface area contributed by atoms with E-state index < -0.39 is 10.0 Å². The largest absolute Gasteiger partial charge is 0.319 e. The van der Waals surface area contributed by atoms with Crippen molar-refractivity contribution in [1.29, 1.82) is 0 Å². The summed E-state index contributed by atoms with van der Waals surface area (Å²) in [6, 6.07) is 16.8. The van der Waals surface area contributed by atoms with Gasteiger partial charge in [-0.3, -0.25) is 0 Å². The summed E-state index contributed by atoms with van der Waals surface area (Å²) >= 11 is 1.58. The molecule has 2 N–H and O–H groups in total. The Balaban J connectivity index is 1.60. The monoisotopic (exact) mass is 427 g/mol. The molecule has 9 heteroatoms. The van der Waals surface area contributed by atoms with Crippen LogP contribution in [0, 0.1) is 0 Å². The molecule has 0 aliphatic heterocycles. The highest BCUT2D eigenvalue weighted by atomic mass is 32.2. The van der Waals surface area contributed by atoms with Gasteiger partial charge in [0.05, 0.1) is 27.3 Å². The smallest absolute Gasteiger partial charge is 0.238 e. The number of hydrogen-bond donors (Lipinski definition) is 1. The third-order valence-electron chi connectivity index (χ3n) is 4.47. The van der Waals surface area contributed by atoms with Gasteiger partial charge in [-0.05, 0) is 42.8 Å². The maximum Gasteiger partial charge on any atom is 0.238 e. The molecule has 0 fully saturated rings. The Morgan fingerprint density at radius 2 is 1.90 bits per heavy atom. The summed E-state index contributed by atoms with van der Waals surface area (Å²) < 4.78 is 27.3. The van der Waals surface area contributed by atoms with Crippen molar-refractivity contribution in [3.8, 4) is 5.69 Å². The first-order valence-corrected chi connectivity index (χ1v) is 11.7. The molecule has 0 aliphatic rings. The van der Waals surface area contributed by atoms with Crippen LogP contribution in [0.1, 0.15) is 19.0 Å². The lowest BCUT2D eigenvalue weighted by Crippen LogP contribution is -2.11. The molecule has 0 spiro atoms. The zero-order chi connectivity index (χ0) is 20.4. The molecule has 0 amide bonds. The van der Waals surface area contributed by atoms with E-state index in [9.17, 15) is 8.42 Å². The summed E-state index contributed by atoms with van der Waals surface area (Å²) in [5.41, 5.74) is 3.48. The fourth-order valence-corrected chi connectivity index (χ4v) is 4.59. The topological polar surface area (TPSA) is 95.8 Å². The van der Waals surface area contributed by atoms with Crippen molar-refractivity contribution in [2.45, 2.75) is 35.7 Å². The first-order valence-electron chi connectivity index (χ1n) is 9.21. The number of fused-ring (bicyclic) bond motifs is 1. The van der Waals surface area contributed by atoms with Crippen LogP contribution >= 0.6 is 11.8 Å². The fraction of sp³-hybridized carbons (Fsp3) is 0.200. The van der Waals surface area contributed by atoms with Crippen LogP contribution in [0.25, 0.3) is 16.7 Å². The van der Waals surface area contributed by atoms with Gasteiger partial charge in [-0.15, -0.1) is 0 Å². The van der Waals surface area contributed by atoms with Gasteiger partial charge >= 0.3 is 0 Å². The number of benzene rings is 2. The Labute approximate surface area is 173 Å². The van der Waals surface area contributed by atoms with E-state index in [0.29, 0.717) is 11.3 Å². The van der Waals surface area contributed by atoms with E-state index in [-0.39, 0.29) is 4.90 Å². The van der Waals surface area contributed by atoms with E-state index in [1.54, 1.807) is 17.8 Å². The number of rotatable bonds is 7. The summed E-state index contributed by atoms with van der Waals surface area (Å²) in [6.45, 7) is 2.90. The quantitative estimate of drug-likeness (QED) is 0.455. The Morgan fingerprint density at radius 1 is 1.10 bits per heavy atom. The molecule has 4 rings (SSSR count). The Hall–Kier alpha value is -2.62. The first kappa shape index (κ1) is 19.7. The summed E-state index contributed by atoms with van der Waals surface area (Å²) in [5, 5.41) is 10.7. The predicted molar refractivity (Wildman–Crippen MR) is 115 cm³/mol. The van der Waals surface area contributed by atoms with Crippen molar-refractivity contribution in [2.75, 3.05) is 0 Å². The van der Waals surface area contributed by atoms with E-state index in [1.165, 1.54) is 12.1 Å². The van der Waals surface area contributed by atoms with Crippen LogP contribution in [0.3, 0.4) is 0 Å². The van der Waals surface area contributed by atoms with Gasteiger partial charge in [0.1, 0.15) is 0 Å². The number of primary sulfonamides is 1. The molecule has 0 unspecified atom stereocenters. The molecular weight excluding hydrogens is 406 g/mol. The number of thioether (sulfide) groups is 1. The van der Waals surface area contributed by atoms with Gasteiger partial charge in [-0.2, -0.15) is 5.10 Å². The number of sulfonamides is 1. The highest BCUT2D eigenvalue weighted by Gasteiger charge is 2.15. The van der Waals surface area contributed by atoms with Crippen LogP contribution in [0.4, 0.5) is 0 Å². The van der Waals surface area contributed by atoms with Crippen molar-refractivity contribution in [3.63, 3.8) is 0 Å². The van der Waals surface area contributed by atoms with E-state index in [2.05, 4.69) is 21.6 Å². The van der Waals surface area contributed by atoms with Crippen LogP contribution in [-0.2, 0) is 22.3 Å². The first-order chi connectivity index (χ1) is 14.0. The number of nitrogens with two attached hydrogens (primary N) is 1. The summed E-state index contributed by atoms with van der Waals surface area (Å²) in [7, 11) is -3.76. The van der Waals surface area contributed by atoms with Crippen molar-refractivity contribution in [3.05, 3.63) is 66.5 Å². The molecular formula is C20H21N5O2S2. The highest BCUT2D eigenvalue weighted by Crippen LogP contribution is 2.28. The molecule has 7 nitrogen and oxygen atoms in total. The predicted octanol–water partition coefficient (Wildman–Crippen LogP) is 3.57. The normalized spacial score (nSPS) is 11.9. The molecule has 0 saturated carbocycles. The molecule has 4 aromatic rings. The number of para-hydroxylation sites is 1. The maximum absolute atomic E-state index is 11.7. The Morgan fingerprint density at radius 3 is 2.62 bits per heavy atom. The van der Waals surface area contributed by atoms with Gasteiger partial charge in [-0.25, -0.2) is 23.2 Å². The van der Waals surface area contributed by atoms with Crippen molar-refractivity contribution in [1.82, 2.24) is 19.3 Å². The summed E-state index contributed by atoms with van der Waals surface area (Å²) in [4.78, 5) is 4.73. The van der Waals surface area contributed by atoms with Crippen LogP contribution in [-0.4, -0.2) is 27.7 Å². The van der Waals surface area contributed by atoms with Gasteiger partial charge in [0.25, 0.3) is 0 Å². The highest BCUT2D eigenvalue weighted by molar-refractivity contribution is 7.98. The Kier molecular flexibility index (Phi) is 5.44. The van der Waals surface area contributed by atoms with E-state index in [1.807, 2.05) is 47.3 Å². The fourth-order valence-electron chi connectivity index (χ4n) is 3.12. The van der Waals surface area contributed by atoms with Gasteiger partial charge in [0.15, 0.2) is 5.16 Å². The van der Waals surface area contributed by atoms with Gasteiger partial charge < -0.3 is 4.57 Å². The number of aromatic nitrogens is 4. The van der Waals surface area contributed by atoms with Crippen molar-refractivity contribution < 1.29 is 8.42 Å². The summed E-state index contributed by atoms with van der Waals surface area (Å²) in [5.74, 6) is 0.662. The van der Waals surface area contributed by atoms with E-state index >= 15 is 0 Å². The molecule has 2 aromatic carbocycles. The van der Waals surface area contributed by atoms with Crippen LogP contribution in [0.2, 0.25) is 0 Å². The standard InChI is InChI=1S/C20H21N5O2S2/c1-2-11-24-19-9-8-17(29(21,26)27)13-18(19)22-20(24)28-14-15-10-12-25(23-15)16-6-4-3-5-7-16/h3-10,12-13H,2,11,14H2,1H3,(H2,21,26,27). The Bertz CT molecular complexity index is 1250. The minimum absolute atomic E-state index is 0.0734. The van der Waals surface area contributed by atoms with Crippen molar-refractivity contribution in [2.24, 2.45) is 5.14 Å². The summed E-state index contributed by atoms with van der Waals surface area (Å²) in [6.07, 6.45) is 2.89. The molecule has 0 radical (unpaired) electrons. The SMILES string of the molecule is CCCn1c(SCc2ccn(-c3ccccc3)n2)nc2cc(S(N)(=O)=O)ccc21. The second kappa shape index (κ2) is 8.02. The van der Waals surface area contributed by atoms with Crippen LogP contribution in [0.15, 0.2) is 70.8 Å². The van der Waals surface area contributed by atoms with Crippen LogP contribution < -0.4 is 5.14 Å². The second-order valence-corrected chi connectivity index (χ2v) is 9.12. The molecule has 0 atom stereocenters. The molecule has 150 valence electrons. The minimum Gasteiger partial charge on any atom is -0.319 e. The van der Waals surface area contributed by atoms with Crippen molar-refractivity contribution >= 4 is 32.8 Å². The molecule has 0 aliphatic carbocycles. The average molecular weight is 428 g/mol. The van der Waals surface area contributed by atoms with E-state index in [4.69, 9.17) is 5.14 Å². The average Bonchev–Trinajstić information content (AvgIpc) is 3.31. The lowest BCUT2D eigenvalue weighted by atomic mass is 10.3. The van der Waals surface area contributed by atoms with Gasteiger partial charge in [0, 0.05) is 18.5 Å². The third kappa shape index (κ3) is 4.21.